The molecule has 0 radical (unpaired) electrons. The van der Waals surface area contributed by atoms with Gasteiger partial charge in [0.05, 0.1) is 30.2 Å². The summed E-state index contributed by atoms with van der Waals surface area (Å²) in [4.78, 5) is 4.04. The van der Waals surface area contributed by atoms with Crippen molar-refractivity contribution in [1.82, 2.24) is 4.98 Å². The first-order valence-electron chi connectivity index (χ1n) is 8.61. The van der Waals surface area contributed by atoms with Crippen molar-refractivity contribution in [3.63, 3.8) is 0 Å². The van der Waals surface area contributed by atoms with Crippen LogP contribution < -0.4 is 5.73 Å². The average molecular weight is 353 g/mol. The summed E-state index contributed by atoms with van der Waals surface area (Å²) < 4.78 is 12.6. The van der Waals surface area contributed by atoms with Gasteiger partial charge in [-0.15, -0.1) is 0 Å². The Morgan fingerprint density at radius 2 is 2.04 bits per heavy atom. The van der Waals surface area contributed by atoms with E-state index in [0.717, 1.165) is 5.56 Å². The highest BCUT2D eigenvalue weighted by Gasteiger charge is 2.50. The lowest BCUT2D eigenvalue weighted by Crippen LogP contribution is -2.59. The summed E-state index contributed by atoms with van der Waals surface area (Å²) in [5, 5.41) is 11.1. The molecule has 6 heteroatoms. The normalized spacial score (nSPS) is 31.9. The van der Waals surface area contributed by atoms with E-state index in [1.165, 1.54) is 0 Å². The van der Waals surface area contributed by atoms with Gasteiger partial charge in [-0.25, -0.2) is 0 Å². The highest BCUT2D eigenvalue weighted by Crippen LogP contribution is 2.44. The Labute approximate surface area is 146 Å². The number of anilines is 1. The number of hydrogen-bond acceptors (Lipinski definition) is 5. The number of aliphatic hydroxyl groups is 1. The molecule has 4 atom stereocenters. The lowest BCUT2D eigenvalue weighted by molar-refractivity contribution is -0.211. The summed E-state index contributed by atoms with van der Waals surface area (Å²) in [6, 6.07) is 1.89. The summed E-state index contributed by atoms with van der Waals surface area (Å²) in [7, 11) is -2.01. The summed E-state index contributed by atoms with van der Waals surface area (Å²) in [6.45, 7) is 14.7. The van der Waals surface area contributed by atoms with Crippen LogP contribution in [0.2, 0.25) is 18.1 Å². The van der Waals surface area contributed by atoms with Crippen LogP contribution in [0.5, 0.6) is 0 Å². The van der Waals surface area contributed by atoms with E-state index in [4.69, 9.17) is 14.9 Å². The van der Waals surface area contributed by atoms with Crippen LogP contribution in [0, 0.1) is 0 Å². The minimum atomic E-state index is -2.01. The maximum Gasteiger partial charge on any atom is 0.192 e. The van der Waals surface area contributed by atoms with Crippen molar-refractivity contribution in [1.29, 1.82) is 0 Å². The molecule has 0 unspecified atom stereocenters. The zero-order valence-electron chi connectivity index (χ0n) is 16.0. The fourth-order valence-corrected chi connectivity index (χ4v) is 4.14. The highest BCUT2D eigenvalue weighted by molar-refractivity contribution is 6.74. The molecule has 0 bridgehead atoms. The molecule has 1 aliphatic rings. The summed E-state index contributed by atoms with van der Waals surface area (Å²) >= 11 is 0. The molecule has 2 rings (SSSR count). The van der Waals surface area contributed by atoms with Crippen LogP contribution in [-0.4, -0.2) is 36.2 Å². The molecule has 24 heavy (non-hydrogen) atoms. The second-order valence-corrected chi connectivity index (χ2v) is 13.4. The maximum absolute atomic E-state index is 11.0. The van der Waals surface area contributed by atoms with Gasteiger partial charge in [-0.3, -0.25) is 4.98 Å². The van der Waals surface area contributed by atoms with E-state index >= 15 is 0 Å². The first kappa shape index (κ1) is 19.4. The van der Waals surface area contributed by atoms with Gasteiger partial charge in [0, 0.05) is 18.2 Å². The van der Waals surface area contributed by atoms with E-state index in [1.807, 2.05) is 19.9 Å². The zero-order chi connectivity index (χ0) is 18.3. The number of nitrogens with zero attached hydrogens (tertiary/aromatic N) is 1. The number of pyridine rings is 1. The molecular formula is C18H32N2O3Si. The van der Waals surface area contributed by atoms with Gasteiger partial charge in [0.1, 0.15) is 5.60 Å². The number of nitrogens with two attached hydrogens (primary N) is 1. The smallest absolute Gasteiger partial charge is 0.192 e. The number of ether oxygens (including phenoxy) is 1. The van der Waals surface area contributed by atoms with Gasteiger partial charge in [0.2, 0.25) is 0 Å². The van der Waals surface area contributed by atoms with Crippen molar-refractivity contribution >= 4 is 14.0 Å². The van der Waals surface area contributed by atoms with Crippen molar-refractivity contribution in [2.45, 2.75) is 83.1 Å². The predicted molar refractivity (Wildman–Crippen MR) is 99.2 cm³/mol. The Hall–Kier alpha value is -0.953. The molecule has 5 nitrogen and oxygen atoms in total. The van der Waals surface area contributed by atoms with Gasteiger partial charge >= 0.3 is 0 Å². The fourth-order valence-electron chi connectivity index (χ4n) is 2.75. The van der Waals surface area contributed by atoms with Gasteiger partial charge in [0.15, 0.2) is 8.32 Å². The minimum Gasteiger partial charge on any atom is -0.411 e. The zero-order valence-corrected chi connectivity index (χ0v) is 17.0. The van der Waals surface area contributed by atoms with E-state index in [-0.39, 0.29) is 23.4 Å². The van der Waals surface area contributed by atoms with Crippen LogP contribution in [-0.2, 0) is 9.16 Å². The van der Waals surface area contributed by atoms with Crippen LogP contribution in [0.25, 0.3) is 0 Å². The Kier molecular flexibility index (Phi) is 5.17. The number of rotatable bonds is 3. The monoisotopic (exact) mass is 352 g/mol. The predicted octanol–water partition coefficient (Wildman–Crippen LogP) is 3.66. The Bertz CT molecular complexity index is 584. The Morgan fingerprint density at radius 1 is 1.42 bits per heavy atom. The molecule has 1 aromatic heterocycles. The van der Waals surface area contributed by atoms with Crippen LogP contribution in [0.15, 0.2) is 18.5 Å². The topological polar surface area (TPSA) is 77.6 Å². The molecule has 0 spiro atoms. The molecule has 1 fully saturated rings. The van der Waals surface area contributed by atoms with Crippen molar-refractivity contribution < 1.29 is 14.3 Å². The summed E-state index contributed by atoms with van der Waals surface area (Å²) in [5.41, 5.74) is 6.56. The van der Waals surface area contributed by atoms with E-state index < -0.39 is 13.9 Å². The second kappa shape index (κ2) is 6.41. The number of nitrogen functional groups attached to an aromatic ring is 1. The number of hydrogen-bond donors (Lipinski definition) is 2. The molecule has 136 valence electrons. The largest absolute Gasteiger partial charge is 0.411 e. The standard InChI is InChI=1S/C18H32N2O3Si/c1-12-18(5,21)16(23-24(6,7)17(2,3)4)10-15(22-12)13-8-9-20-11-14(13)19/h8-9,11-12,15-16,21H,10,19H2,1-7H3/t12-,15-,16-,18-/m0/s1. The molecular weight excluding hydrogens is 320 g/mol. The summed E-state index contributed by atoms with van der Waals surface area (Å²) in [5.74, 6) is 0. The molecule has 0 aromatic carbocycles. The van der Waals surface area contributed by atoms with Crippen LogP contribution in [0.3, 0.4) is 0 Å². The Morgan fingerprint density at radius 3 is 2.58 bits per heavy atom. The SMILES string of the molecule is C[C@@H]1O[C@H](c2ccncc2N)C[C@H](O[Si](C)(C)C(C)(C)C)[C@@]1(C)O. The van der Waals surface area contributed by atoms with Gasteiger partial charge in [-0.2, -0.15) is 0 Å². The summed E-state index contributed by atoms with van der Waals surface area (Å²) in [6.07, 6.45) is 3.10. The van der Waals surface area contributed by atoms with Gasteiger partial charge < -0.3 is 20.0 Å². The van der Waals surface area contributed by atoms with E-state index in [1.54, 1.807) is 12.4 Å². The lowest BCUT2D eigenvalue weighted by atomic mass is 9.84. The van der Waals surface area contributed by atoms with E-state index in [0.29, 0.717) is 12.1 Å². The third-order valence-electron chi connectivity index (χ3n) is 5.75. The third kappa shape index (κ3) is 3.66. The van der Waals surface area contributed by atoms with Crippen LogP contribution in [0.1, 0.15) is 52.7 Å². The quantitative estimate of drug-likeness (QED) is 0.812. The minimum absolute atomic E-state index is 0.0792. The van der Waals surface area contributed by atoms with Crippen LogP contribution in [0.4, 0.5) is 5.69 Å². The lowest BCUT2D eigenvalue weighted by Gasteiger charge is -2.49. The van der Waals surface area contributed by atoms with Crippen molar-refractivity contribution in [2.24, 2.45) is 0 Å². The van der Waals surface area contributed by atoms with Crippen LogP contribution >= 0.6 is 0 Å². The Balaban J connectivity index is 2.30. The first-order chi connectivity index (χ1) is 10.9. The van der Waals surface area contributed by atoms with E-state index in [2.05, 4.69) is 38.8 Å². The van der Waals surface area contributed by atoms with Gasteiger partial charge in [0.25, 0.3) is 0 Å². The molecule has 0 aliphatic carbocycles. The molecule has 0 amide bonds. The fraction of sp³-hybridized carbons (Fsp3) is 0.722. The van der Waals surface area contributed by atoms with Crippen molar-refractivity contribution in [3.8, 4) is 0 Å². The van der Waals surface area contributed by atoms with Crippen molar-refractivity contribution in [3.05, 3.63) is 24.0 Å². The third-order valence-corrected chi connectivity index (χ3v) is 10.2. The second-order valence-electron chi connectivity index (χ2n) is 8.60. The molecule has 3 N–H and O–H groups in total. The number of aromatic nitrogens is 1. The maximum atomic E-state index is 11.0. The van der Waals surface area contributed by atoms with Crippen molar-refractivity contribution in [2.75, 3.05) is 5.73 Å². The van der Waals surface area contributed by atoms with E-state index in [9.17, 15) is 5.11 Å². The molecule has 1 aromatic rings. The molecule has 1 saturated heterocycles. The molecule has 0 saturated carbocycles. The first-order valence-corrected chi connectivity index (χ1v) is 11.5. The molecule has 1 aliphatic heterocycles. The highest BCUT2D eigenvalue weighted by atomic mass is 28.4. The average Bonchev–Trinajstić information content (AvgIpc) is 2.43. The van der Waals surface area contributed by atoms with Gasteiger partial charge in [-0.1, -0.05) is 20.8 Å². The van der Waals surface area contributed by atoms with Gasteiger partial charge in [-0.05, 0) is 38.0 Å². The molecule has 2 heterocycles.